The topological polar surface area (TPSA) is 109 Å². The average Bonchev–Trinajstić information content (AvgIpc) is 2.09. The molecule has 7 heteroatoms. The summed E-state index contributed by atoms with van der Waals surface area (Å²) in [6.45, 7) is 0. The van der Waals surface area contributed by atoms with Gasteiger partial charge in [0, 0.05) is 6.20 Å². The number of amidine groups is 1. The van der Waals surface area contributed by atoms with Crippen LogP contribution >= 0.6 is 0 Å². The SMILES string of the molecule is O=[N+]([O-])/C(=N\O)c1ccncc1O. The van der Waals surface area contributed by atoms with E-state index in [9.17, 15) is 10.1 Å². The van der Waals surface area contributed by atoms with Crippen molar-refractivity contribution in [1.82, 2.24) is 4.98 Å². The molecule has 1 rings (SSSR count). The molecule has 0 aliphatic carbocycles. The van der Waals surface area contributed by atoms with Gasteiger partial charge in [0.2, 0.25) is 0 Å². The van der Waals surface area contributed by atoms with Crippen molar-refractivity contribution >= 4 is 5.84 Å². The Morgan fingerprint density at radius 2 is 2.38 bits per heavy atom. The monoisotopic (exact) mass is 183 g/mol. The van der Waals surface area contributed by atoms with E-state index >= 15 is 0 Å². The summed E-state index contributed by atoms with van der Waals surface area (Å²) in [6, 6.07) is 1.17. The Hall–Kier alpha value is -2.18. The second-order valence-electron chi connectivity index (χ2n) is 2.07. The van der Waals surface area contributed by atoms with Crippen LogP contribution in [-0.4, -0.2) is 26.1 Å². The molecule has 1 aromatic rings. The first-order chi connectivity index (χ1) is 6.16. The van der Waals surface area contributed by atoms with Crippen molar-refractivity contribution in [1.29, 1.82) is 0 Å². The first kappa shape index (κ1) is 8.91. The minimum absolute atomic E-state index is 0.178. The van der Waals surface area contributed by atoms with E-state index in [2.05, 4.69) is 10.1 Å². The molecular formula is C6H5N3O4. The maximum Gasteiger partial charge on any atom is 0.420 e. The van der Waals surface area contributed by atoms with E-state index in [4.69, 9.17) is 10.3 Å². The summed E-state index contributed by atoms with van der Waals surface area (Å²) in [5.74, 6) is -1.23. The van der Waals surface area contributed by atoms with Gasteiger partial charge >= 0.3 is 5.84 Å². The maximum absolute atomic E-state index is 10.3. The highest BCUT2D eigenvalue weighted by molar-refractivity contribution is 5.94. The zero-order chi connectivity index (χ0) is 9.84. The van der Waals surface area contributed by atoms with Crippen molar-refractivity contribution in [3.05, 3.63) is 34.1 Å². The van der Waals surface area contributed by atoms with Crippen LogP contribution in [0.4, 0.5) is 0 Å². The molecule has 13 heavy (non-hydrogen) atoms. The Kier molecular flexibility index (Phi) is 2.38. The fourth-order valence-corrected chi connectivity index (χ4v) is 0.764. The third-order valence-electron chi connectivity index (χ3n) is 1.31. The normalized spacial score (nSPS) is 11.2. The van der Waals surface area contributed by atoms with Crippen LogP contribution < -0.4 is 0 Å². The molecule has 7 nitrogen and oxygen atoms in total. The van der Waals surface area contributed by atoms with Crippen molar-refractivity contribution in [2.24, 2.45) is 5.16 Å². The molecule has 0 aliphatic heterocycles. The third kappa shape index (κ3) is 1.70. The Morgan fingerprint density at radius 3 is 2.85 bits per heavy atom. The second kappa shape index (κ2) is 3.48. The van der Waals surface area contributed by atoms with Crippen LogP contribution in [0, 0.1) is 10.1 Å². The number of hydrogen-bond acceptors (Lipinski definition) is 6. The molecule has 0 aromatic carbocycles. The van der Waals surface area contributed by atoms with E-state index in [0.29, 0.717) is 0 Å². The molecule has 0 bridgehead atoms. The summed E-state index contributed by atoms with van der Waals surface area (Å²) in [5.41, 5.74) is -0.178. The van der Waals surface area contributed by atoms with Crippen LogP contribution in [-0.2, 0) is 0 Å². The number of pyridine rings is 1. The number of rotatable bonds is 1. The lowest BCUT2D eigenvalue weighted by Gasteiger charge is -1.98. The van der Waals surface area contributed by atoms with Crippen molar-refractivity contribution in [2.45, 2.75) is 0 Å². The summed E-state index contributed by atoms with van der Waals surface area (Å²) in [5, 5.41) is 30.1. The average molecular weight is 183 g/mol. The quantitative estimate of drug-likeness (QED) is 0.212. The number of hydrogen-bond donors (Lipinski definition) is 2. The molecule has 0 unspecified atom stereocenters. The molecular weight excluding hydrogens is 178 g/mol. The molecule has 2 N–H and O–H groups in total. The van der Waals surface area contributed by atoms with E-state index in [-0.39, 0.29) is 5.56 Å². The minimum Gasteiger partial charge on any atom is -0.505 e. The first-order valence-electron chi connectivity index (χ1n) is 3.16. The number of aromatic hydroxyl groups is 1. The highest BCUT2D eigenvalue weighted by Crippen LogP contribution is 2.14. The molecule has 0 fully saturated rings. The zero-order valence-electron chi connectivity index (χ0n) is 6.28. The van der Waals surface area contributed by atoms with Crippen LogP contribution in [0.15, 0.2) is 23.6 Å². The molecule has 0 radical (unpaired) electrons. The van der Waals surface area contributed by atoms with Gasteiger partial charge in [0.05, 0.1) is 6.20 Å². The van der Waals surface area contributed by atoms with Crippen LogP contribution in [0.1, 0.15) is 5.56 Å². The van der Waals surface area contributed by atoms with Gasteiger partial charge in [-0.2, -0.15) is 0 Å². The van der Waals surface area contributed by atoms with E-state index < -0.39 is 16.5 Å². The van der Waals surface area contributed by atoms with E-state index in [0.717, 1.165) is 6.20 Å². The van der Waals surface area contributed by atoms with Gasteiger partial charge in [-0.25, -0.2) is 0 Å². The van der Waals surface area contributed by atoms with Crippen LogP contribution in [0.25, 0.3) is 0 Å². The predicted molar refractivity (Wildman–Crippen MR) is 41.2 cm³/mol. The van der Waals surface area contributed by atoms with E-state index in [1.54, 1.807) is 0 Å². The van der Waals surface area contributed by atoms with Gasteiger partial charge in [0.25, 0.3) is 0 Å². The number of aromatic nitrogens is 1. The highest BCUT2D eigenvalue weighted by atomic mass is 16.6. The standard InChI is InChI=1S/C6H5N3O4/c10-5-3-7-2-1-4(5)6(8-11)9(12)13/h1-3,10-11H/b8-6-. The molecule has 0 atom stereocenters. The summed E-state index contributed by atoms with van der Waals surface area (Å²) in [6.07, 6.45) is 2.26. The Labute approximate surface area is 72.1 Å². The van der Waals surface area contributed by atoms with Crippen LogP contribution in [0.5, 0.6) is 5.75 Å². The van der Waals surface area contributed by atoms with Crippen molar-refractivity contribution in [3.63, 3.8) is 0 Å². The molecule has 0 saturated heterocycles. The number of nitro groups is 1. The fourth-order valence-electron chi connectivity index (χ4n) is 0.764. The molecule has 68 valence electrons. The summed E-state index contributed by atoms with van der Waals surface area (Å²) < 4.78 is 0. The van der Waals surface area contributed by atoms with Gasteiger partial charge in [0.15, 0.2) is 5.16 Å². The summed E-state index contributed by atoms with van der Waals surface area (Å²) >= 11 is 0. The zero-order valence-corrected chi connectivity index (χ0v) is 6.28. The molecule has 0 saturated carbocycles. The lowest BCUT2D eigenvalue weighted by Crippen LogP contribution is -2.13. The van der Waals surface area contributed by atoms with Gasteiger partial charge in [0.1, 0.15) is 11.3 Å². The maximum atomic E-state index is 10.3. The van der Waals surface area contributed by atoms with E-state index in [1.165, 1.54) is 12.3 Å². The summed E-state index contributed by atoms with van der Waals surface area (Å²) in [7, 11) is 0. The largest absolute Gasteiger partial charge is 0.505 e. The van der Waals surface area contributed by atoms with Crippen LogP contribution in [0.3, 0.4) is 0 Å². The smallest absolute Gasteiger partial charge is 0.420 e. The Bertz CT molecular complexity index is 363. The Morgan fingerprint density at radius 1 is 1.69 bits per heavy atom. The van der Waals surface area contributed by atoms with Crippen molar-refractivity contribution in [3.8, 4) is 5.75 Å². The second-order valence-corrected chi connectivity index (χ2v) is 2.07. The highest BCUT2D eigenvalue weighted by Gasteiger charge is 2.20. The van der Waals surface area contributed by atoms with Gasteiger partial charge in [-0.1, -0.05) is 0 Å². The Balaban J connectivity index is 3.21. The van der Waals surface area contributed by atoms with Gasteiger partial charge in [-0.3, -0.25) is 4.98 Å². The first-order valence-corrected chi connectivity index (χ1v) is 3.16. The molecule has 0 spiro atoms. The molecule has 1 aromatic heterocycles. The molecule has 0 aliphatic rings. The predicted octanol–water partition coefficient (Wildman–Crippen LogP) is 0.200. The fraction of sp³-hybridized carbons (Fsp3) is 0. The van der Waals surface area contributed by atoms with Crippen molar-refractivity contribution in [2.75, 3.05) is 0 Å². The number of nitrogens with zero attached hydrogens (tertiary/aromatic N) is 3. The van der Waals surface area contributed by atoms with Crippen molar-refractivity contribution < 1.29 is 15.2 Å². The minimum atomic E-state index is -0.908. The lowest BCUT2D eigenvalue weighted by molar-refractivity contribution is -0.351. The summed E-state index contributed by atoms with van der Waals surface area (Å²) in [4.78, 5) is 12.9. The van der Waals surface area contributed by atoms with Gasteiger partial charge in [-0.05, 0) is 11.0 Å². The third-order valence-corrected chi connectivity index (χ3v) is 1.31. The van der Waals surface area contributed by atoms with Gasteiger partial charge < -0.3 is 20.4 Å². The van der Waals surface area contributed by atoms with E-state index in [1.807, 2.05) is 0 Å². The lowest BCUT2D eigenvalue weighted by atomic mass is 10.2. The van der Waals surface area contributed by atoms with Gasteiger partial charge in [-0.15, -0.1) is 0 Å². The molecule has 1 heterocycles. The number of oxime groups is 1. The van der Waals surface area contributed by atoms with Crippen LogP contribution in [0.2, 0.25) is 0 Å². The molecule has 0 amide bonds.